The first-order valence-electron chi connectivity index (χ1n) is 14.4. The summed E-state index contributed by atoms with van der Waals surface area (Å²) < 4.78 is 51.0. The molecule has 0 saturated heterocycles. The first-order chi connectivity index (χ1) is 21.3. The number of hydrogen-bond acceptors (Lipinski definition) is 9. The second-order valence-corrected chi connectivity index (χ2v) is 10.9. The highest BCUT2D eigenvalue weighted by Gasteiger charge is 2.37. The standard InChI is InChI=1S/C33H45O9S/c1-34-16-19-37-22-25-40-28-10-4-7-13-31(28)43(32-14-8-5-11-29(32)41-26-23-38-20-17-35-2)33-15-9-6-12-30(33)42-27-24-39-21-18-36-3/h4-15H,16-27H2,1-3H3/q+1. The van der Waals surface area contributed by atoms with Gasteiger partial charge in [-0.05, 0) is 36.4 Å². The Morgan fingerprint density at radius 1 is 0.372 bits per heavy atom. The minimum atomic E-state index is -0.637. The van der Waals surface area contributed by atoms with E-state index >= 15 is 0 Å². The van der Waals surface area contributed by atoms with Crippen molar-refractivity contribution in [2.75, 3.05) is 101 Å². The lowest BCUT2D eigenvalue weighted by atomic mass is 10.3. The fourth-order valence-electron chi connectivity index (χ4n) is 3.93. The quantitative estimate of drug-likeness (QED) is 0.103. The zero-order valence-electron chi connectivity index (χ0n) is 25.5. The number of ether oxygens (including phenoxy) is 9. The third-order valence-electron chi connectivity index (χ3n) is 5.96. The van der Waals surface area contributed by atoms with E-state index in [4.69, 9.17) is 42.6 Å². The number of benzene rings is 3. The third kappa shape index (κ3) is 12.4. The Morgan fingerprint density at radius 2 is 0.651 bits per heavy atom. The largest absolute Gasteiger partial charge is 0.486 e. The lowest BCUT2D eigenvalue weighted by molar-refractivity contribution is 0.0537. The van der Waals surface area contributed by atoms with Crippen molar-refractivity contribution in [1.29, 1.82) is 0 Å². The summed E-state index contributed by atoms with van der Waals surface area (Å²) in [5.74, 6) is 2.32. The summed E-state index contributed by atoms with van der Waals surface area (Å²) in [5, 5.41) is 0. The van der Waals surface area contributed by atoms with Crippen LogP contribution in [0.25, 0.3) is 0 Å². The molecule has 3 aromatic rings. The molecule has 0 heterocycles. The van der Waals surface area contributed by atoms with Crippen LogP contribution in [0.15, 0.2) is 87.5 Å². The Labute approximate surface area is 258 Å². The Bertz CT molecular complexity index is 1010. The zero-order chi connectivity index (χ0) is 30.4. The highest BCUT2D eigenvalue weighted by Crippen LogP contribution is 2.43. The Hall–Kier alpha value is -2.83. The van der Waals surface area contributed by atoms with Crippen molar-refractivity contribution >= 4 is 10.9 Å². The SMILES string of the molecule is COCCOCCOc1ccccc1[S+](c1ccccc1OCCOCCOC)c1ccccc1OCCOCCOC. The Morgan fingerprint density at radius 3 is 0.953 bits per heavy atom. The molecule has 0 aliphatic heterocycles. The van der Waals surface area contributed by atoms with E-state index in [0.717, 1.165) is 31.9 Å². The van der Waals surface area contributed by atoms with Gasteiger partial charge in [0.1, 0.15) is 30.7 Å². The van der Waals surface area contributed by atoms with Crippen molar-refractivity contribution in [2.24, 2.45) is 0 Å². The van der Waals surface area contributed by atoms with Gasteiger partial charge in [0, 0.05) is 21.3 Å². The molecule has 10 heteroatoms. The van der Waals surface area contributed by atoms with Crippen molar-refractivity contribution < 1.29 is 42.6 Å². The maximum absolute atomic E-state index is 6.29. The van der Waals surface area contributed by atoms with Crippen LogP contribution < -0.4 is 14.2 Å². The molecule has 3 rings (SSSR count). The predicted octanol–water partition coefficient (Wildman–Crippen LogP) is 4.91. The molecule has 0 unspecified atom stereocenters. The normalized spacial score (nSPS) is 11.2. The van der Waals surface area contributed by atoms with Gasteiger partial charge in [0.15, 0.2) is 17.2 Å². The molecule has 3 aromatic carbocycles. The minimum Gasteiger partial charge on any atom is -0.486 e. The van der Waals surface area contributed by atoms with E-state index < -0.39 is 10.9 Å². The molecule has 236 valence electrons. The molecule has 0 fully saturated rings. The summed E-state index contributed by atoms with van der Waals surface area (Å²) in [6.45, 7) is 5.78. The molecule has 0 spiro atoms. The van der Waals surface area contributed by atoms with Crippen LogP contribution in [-0.2, 0) is 39.3 Å². The van der Waals surface area contributed by atoms with Crippen molar-refractivity contribution in [3.8, 4) is 17.2 Å². The molecule has 43 heavy (non-hydrogen) atoms. The predicted molar refractivity (Wildman–Crippen MR) is 166 cm³/mol. The summed E-state index contributed by atoms with van der Waals surface area (Å²) in [6, 6.07) is 24.3. The first-order valence-corrected chi connectivity index (χ1v) is 15.6. The van der Waals surface area contributed by atoms with Gasteiger partial charge in [0.25, 0.3) is 0 Å². The molecule has 0 atom stereocenters. The molecule has 0 aliphatic rings. The fourth-order valence-corrected chi connectivity index (χ4v) is 6.27. The van der Waals surface area contributed by atoms with Gasteiger partial charge in [-0.15, -0.1) is 0 Å². The first kappa shape index (κ1) is 34.7. The van der Waals surface area contributed by atoms with Crippen molar-refractivity contribution in [3.05, 3.63) is 72.8 Å². The molecule has 0 N–H and O–H groups in total. The summed E-state index contributed by atoms with van der Waals surface area (Å²) in [6.07, 6.45) is 0. The van der Waals surface area contributed by atoms with Gasteiger partial charge in [0.2, 0.25) is 14.7 Å². The van der Waals surface area contributed by atoms with Crippen LogP contribution in [0.2, 0.25) is 0 Å². The van der Waals surface area contributed by atoms with Crippen molar-refractivity contribution in [1.82, 2.24) is 0 Å². The summed E-state index contributed by atoms with van der Waals surface area (Å²) in [5.41, 5.74) is 0. The second kappa shape index (κ2) is 21.8. The van der Waals surface area contributed by atoms with Gasteiger partial charge in [-0.2, -0.15) is 0 Å². The average molecular weight is 618 g/mol. The lowest BCUT2D eigenvalue weighted by Crippen LogP contribution is -2.15. The van der Waals surface area contributed by atoms with Crippen LogP contribution in [-0.4, -0.2) is 101 Å². The molecule has 0 aromatic heterocycles. The zero-order valence-corrected chi connectivity index (χ0v) is 26.3. The Kier molecular flexibility index (Phi) is 17.6. The molecule has 0 amide bonds. The van der Waals surface area contributed by atoms with Crippen LogP contribution in [0.5, 0.6) is 17.2 Å². The molecule has 0 bridgehead atoms. The van der Waals surface area contributed by atoms with Crippen LogP contribution in [0.1, 0.15) is 0 Å². The molecule has 0 aliphatic carbocycles. The van der Waals surface area contributed by atoms with Gasteiger partial charge >= 0.3 is 0 Å². The summed E-state index contributed by atoms with van der Waals surface area (Å²) in [4.78, 5) is 3.04. The van der Waals surface area contributed by atoms with Gasteiger partial charge < -0.3 is 42.6 Å². The van der Waals surface area contributed by atoms with E-state index in [1.165, 1.54) is 0 Å². The van der Waals surface area contributed by atoms with E-state index in [1.54, 1.807) is 21.3 Å². The minimum absolute atomic E-state index is 0.409. The lowest BCUT2D eigenvalue weighted by Gasteiger charge is -2.17. The van der Waals surface area contributed by atoms with E-state index in [-0.39, 0.29) is 0 Å². The smallest absolute Gasteiger partial charge is 0.208 e. The summed E-state index contributed by atoms with van der Waals surface area (Å²) in [7, 11) is 4.33. The average Bonchev–Trinajstić information content (AvgIpc) is 3.04. The summed E-state index contributed by atoms with van der Waals surface area (Å²) >= 11 is 0. The molecule has 0 saturated carbocycles. The molecular formula is C33H45O9S+. The highest BCUT2D eigenvalue weighted by molar-refractivity contribution is 7.97. The number of para-hydroxylation sites is 3. The van der Waals surface area contributed by atoms with Crippen LogP contribution in [0, 0.1) is 0 Å². The van der Waals surface area contributed by atoms with Crippen LogP contribution in [0.4, 0.5) is 0 Å². The topological polar surface area (TPSA) is 83.1 Å². The van der Waals surface area contributed by atoms with Gasteiger partial charge in [-0.25, -0.2) is 0 Å². The van der Waals surface area contributed by atoms with E-state index in [1.807, 2.05) is 54.6 Å². The van der Waals surface area contributed by atoms with E-state index in [0.29, 0.717) is 79.3 Å². The van der Waals surface area contributed by atoms with E-state index in [9.17, 15) is 0 Å². The van der Waals surface area contributed by atoms with Gasteiger partial charge in [-0.1, -0.05) is 36.4 Å². The van der Waals surface area contributed by atoms with Crippen LogP contribution >= 0.6 is 0 Å². The molecular weight excluding hydrogens is 572 g/mol. The highest BCUT2D eigenvalue weighted by atomic mass is 32.2. The monoisotopic (exact) mass is 617 g/mol. The molecule has 0 radical (unpaired) electrons. The third-order valence-corrected chi connectivity index (χ3v) is 8.29. The maximum Gasteiger partial charge on any atom is 0.208 e. The second-order valence-electron chi connectivity index (χ2n) is 9.01. The van der Waals surface area contributed by atoms with E-state index in [2.05, 4.69) is 18.2 Å². The number of rotatable bonds is 24. The number of hydrogen-bond donors (Lipinski definition) is 0. The molecule has 9 nitrogen and oxygen atoms in total. The Balaban J connectivity index is 1.90. The van der Waals surface area contributed by atoms with Crippen molar-refractivity contribution in [3.63, 3.8) is 0 Å². The van der Waals surface area contributed by atoms with Crippen LogP contribution in [0.3, 0.4) is 0 Å². The van der Waals surface area contributed by atoms with Gasteiger partial charge in [0.05, 0.1) is 59.5 Å². The maximum atomic E-state index is 6.29. The van der Waals surface area contributed by atoms with Crippen molar-refractivity contribution in [2.45, 2.75) is 14.7 Å². The fraction of sp³-hybridized carbons (Fsp3) is 0.455. The van der Waals surface area contributed by atoms with Gasteiger partial charge in [-0.3, -0.25) is 0 Å². The number of methoxy groups -OCH3 is 3.